The van der Waals surface area contributed by atoms with Crippen LogP contribution in [0.1, 0.15) is 409 Å². The molecule has 0 aromatic carbocycles. The molecule has 0 saturated carbocycles. The molecule has 0 aromatic heterocycles. The van der Waals surface area contributed by atoms with Crippen molar-refractivity contribution in [2.24, 2.45) is 23.7 Å². The van der Waals surface area contributed by atoms with E-state index in [1.807, 2.05) is 0 Å². The van der Waals surface area contributed by atoms with Gasteiger partial charge in [-0.15, -0.1) is 0 Å². The van der Waals surface area contributed by atoms with E-state index in [0.29, 0.717) is 31.6 Å². The second-order valence-corrected chi connectivity index (χ2v) is 33.6. The molecule has 17 nitrogen and oxygen atoms in total. The smallest absolute Gasteiger partial charge is 0.462 e. The molecule has 19 heteroatoms. The van der Waals surface area contributed by atoms with Crippen molar-refractivity contribution in [2.75, 3.05) is 39.6 Å². The molecule has 0 radical (unpaired) electrons. The first kappa shape index (κ1) is 97.1. The number of phosphoric ester groups is 2. The van der Waals surface area contributed by atoms with Crippen molar-refractivity contribution in [2.45, 2.75) is 427 Å². The Morgan fingerprint density at radius 2 is 0.424 bits per heavy atom. The van der Waals surface area contributed by atoms with E-state index >= 15 is 0 Å². The van der Waals surface area contributed by atoms with Gasteiger partial charge in [-0.05, 0) is 49.4 Å². The van der Waals surface area contributed by atoms with Crippen LogP contribution in [0.3, 0.4) is 0 Å². The van der Waals surface area contributed by atoms with Crippen molar-refractivity contribution in [3.05, 3.63) is 0 Å². The number of aliphatic hydroxyl groups is 1. The molecular weight excluding hydrogens is 1290 g/mol. The monoisotopic (exact) mass is 1450 g/mol. The lowest BCUT2D eigenvalue weighted by atomic mass is 10.0. The number of hydrogen-bond acceptors (Lipinski definition) is 15. The number of carbonyl (C=O) groups is 4. The van der Waals surface area contributed by atoms with Crippen LogP contribution in [0.25, 0.3) is 0 Å². The number of ether oxygens (including phenoxy) is 4. The third kappa shape index (κ3) is 74.1. The summed E-state index contributed by atoms with van der Waals surface area (Å²) in [6.07, 6.45) is 55.7. The number of carbonyl (C=O) groups excluding carboxylic acids is 4. The zero-order valence-electron chi connectivity index (χ0n) is 65.1. The number of unbranched alkanes of at least 4 members (excludes halogenated alkanes) is 43. The van der Waals surface area contributed by atoms with Crippen LogP contribution in [0, 0.1) is 23.7 Å². The first-order valence-corrected chi connectivity index (χ1v) is 44.2. The van der Waals surface area contributed by atoms with Crippen molar-refractivity contribution >= 4 is 39.5 Å². The summed E-state index contributed by atoms with van der Waals surface area (Å²) in [5.41, 5.74) is 0. The van der Waals surface area contributed by atoms with Crippen LogP contribution in [-0.4, -0.2) is 96.7 Å². The molecule has 0 aliphatic carbocycles. The van der Waals surface area contributed by atoms with E-state index in [2.05, 4.69) is 55.4 Å². The number of hydrogen-bond donors (Lipinski definition) is 3. The molecular formula is C80H156O17P2. The second kappa shape index (κ2) is 69.1. The second-order valence-electron chi connectivity index (χ2n) is 30.7. The van der Waals surface area contributed by atoms with Crippen molar-refractivity contribution in [1.82, 2.24) is 0 Å². The fourth-order valence-corrected chi connectivity index (χ4v) is 13.8. The molecule has 0 saturated heterocycles. The van der Waals surface area contributed by atoms with Gasteiger partial charge >= 0.3 is 39.5 Å². The van der Waals surface area contributed by atoms with Gasteiger partial charge in [0.15, 0.2) is 12.2 Å². The van der Waals surface area contributed by atoms with Gasteiger partial charge < -0.3 is 33.8 Å². The third-order valence-corrected chi connectivity index (χ3v) is 20.5. The lowest BCUT2D eigenvalue weighted by Crippen LogP contribution is -2.30. The maximum absolute atomic E-state index is 13.1. The summed E-state index contributed by atoms with van der Waals surface area (Å²) in [5, 5.41) is 10.6. The minimum atomic E-state index is -4.96. The highest BCUT2D eigenvalue weighted by atomic mass is 31.2. The molecule has 0 rings (SSSR count). The van der Waals surface area contributed by atoms with Crippen LogP contribution >= 0.6 is 15.6 Å². The van der Waals surface area contributed by atoms with Crippen LogP contribution in [0.4, 0.5) is 0 Å². The minimum absolute atomic E-state index is 0.104. The molecule has 0 heterocycles. The molecule has 588 valence electrons. The summed E-state index contributed by atoms with van der Waals surface area (Å²) in [4.78, 5) is 72.9. The van der Waals surface area contributed by atoms with E-state index in [4.69, 9.17) is 37.0 Å². The largest absolute Gasteiger partial charge is 0.472 e. The van der Waals surface area contributed by atoms with Crippen LogP contribution in [0.15, 0.2) is 0 Å². The van der Waals surface area contributed by atoms with Gasteiger partial charge in [-0.1, -0.05) is 357 Å². The van der Waals surface area contributed by atoms with Gasteiger partial charge in [0.2, 0.25) is 0 Å². The average Bonchev–Trinajstić information content (AvgIpc) is 1.13. The van der Waals surface area contributed by atoms with Gasteiger partial charge in [-0.2, -0.15) is 0 Å². The van der Waals surface area contributed by atoms with Crippen molar-refractivity contribution < 1.29 is 80.2 Å². The zero-order valence-corrected chi connectivity index (χ0v) is 66.9. The van der Waals surface area contributed by atoms with Crippen LogP contribution < -0.4 is 0 Å². The fourth-order valence-electron chi connectivity index (χ4n) is 12.3. The van der Waals surface area contributed by atoms with E-state index < -0.39 is 97.5 Å². The summed E-state index contributed by atoms with van der Waals surface area (Å²) in [6.45, 7) is 14.2. The van der Waals surface area contributed by atoms with Crippen LogP contribution in [-0.2, 0) is 65.4 Å². The number of aliphatic hydroxyl groups excluding tert-OH is 1. The van der Waals surface area contributed by atoms with Gasteiger partial charge in [-0.25, -0.2) is 9.13 Å². The highest BCUT2D eigenvalue weighted by Crippen LogP contribution is 2.45. The summed E-state index contributed by atoms with van der Waals surface area (Å²) >= 11 is 0. The quantitative estimate of drug-likeness (QED) is 0.0222. The molecule has 99 heavy (non-hydrogen) atoms. The predicted octanol–water partition coefficient (Wildman–Crippen LogP) is 23.6. The molecule has 0 aromatic rings. The highest BCUT2D eigenvalue weighted by molar-refractivity contribution is 7.47. The Bertz CT molecular complexity index is 1940. The molecule has 0 bridgehead atoms. The maximum Gasteiger partial charge on any atom is 0.472 e. The lowest BCUT2D eigenvalue weighted by Gasteiger charge is -2.21. The van der Waals surface area contributed by atoms with Crippen LogP contribution in [0.5, 0.6) is 0 Å². The molecule has 3 unspecified atom stereocenters. The van der Waals surface area contributed by atoms with Crippen molar-refractivity contribution in [1.29, 1.82) is 0 Å². The minimum Gasteiger partial charge on any atom is -0.462 e. The standard InChI is InChI=1S/C80H156O17P2/c1-70(2)56-48-40-32-25-20-16-12-9-10-14-18-22-28-36-44-52-60-77(82)90-66-75(96-79(84)62-54-46-37-29-23-19-15-11-13-17-21-26-33-41-49-57-71(3)4)68-94-98(86,87)92-64-74(81)65-93-99(88,89)95-69-76(67-91-78(83)61-53-45-39-31-35-43-51-59-73(7)8)97-80(85)63-55-47-38-30-24-27-34-42-50-58-72(5)6/h70-76,81H,9-69H2,1-8H3,(H,86,87)(H,88,89)/t74?,75-,76-/m1/s1. The summed E-state index contributed by atoms with van der Waals surface area (Å²) < 4.78 is 68.6. The summed E-state index contributed by atoms with van der Waals surface area (Å²) in [6, 6.07) is 0. The molecule has 0 aliphatic rings. The predicted molar refractivity (Wildman–Crippen MR) is 404 cm³/mol. The average molecular weight is 1450 g/mol. The fraction of sp³-hybridized carbons (Fsp3) is 0.950. The Hall–Kier alpha value is -1.94. The van der Waals surface area contributed by atoms with Crippen LogP contribution in [0.2, 0.25) is 0 Å². The number of rotatable bonds is 77. The maximum atomic E-state index is 13.1. The normalized spacial score (nSPS) is 14.1. The van der Waals surface area contributed by atoms with E-state index in [0.717, 1.165) is 114 Å². The molecule has 0 aliphatic heterocycles. The molecule has 0 spiro atoms. The Morgan fingerprint density at radius 3 is 0.626 bits per heavy atom. The number of esters is 4. The molecule has 3 N–H and O–H groups in total. The zero-order chi connectivity index (χ0) is 73.1. The SMILES string of the molecule is CC(C)CCCCCCCCCCCCCCCCCCC(=O)OC[C@H](COP(=O)(O)OCC(O)COP(=O)(O)OC[C@@H](COC(=O)CCCCCCCCCC(C)C)OC(=O)CCCCCCCCCCCC(C)C)OC(=O)CCCCCCCCCCCCCCCCCC(C)C. The summed E-state index contributed by atoms with van der Waals surface area (Å²) in [5.74, 6) is 0.940. The van der Waals surface area contributed by atoms with Crippen molar-refractivity contribution in [3.63, 3.8) is 0 Å². The van der Waals surface area contributed by atoms with Gasteiger partial charge in [0, 0.05) is 25.7 Å². The van der Waals surface area contributed by atoms with E-state index in [9.17, 15) is 43.2 Å². The van der Waals surface area contributed by atoms with Crippen molar-refractivity contribution in [3.8, 4) is 0 Å². The van der Waals surface area contributed by atoms with E-state index in [1.165, 1.54) is 205 Å². The topological polar surface area (TPSA) is 237 Å². The van der Waals surface area contributed by atoms with Gasteiger partial charge in [0.05, 0.1) is 26.4 Å². The first-order chi connectivity index (χ1) is 47.6. The Labute approximate surface area is 607 Å². The highest BCUT2D eigenvalue weighted by Gasteiger charge is 2.30. The Balaban J connectivity index is 5.23. The molecule has 0 fully saturated rings. The van der Waals surface area contributed by atoms with Gasteiger partial charge in [0.25, 0.3) is 0 Å². The van der Waals surface area contributed by atoms with Gasteiger partial charge in [0.1, 0.15) is 19.3 Å². The van der Waals surface area contributed by atoms with Gasteiger partial charge in [-0.3, -0.25) is 37.3 Å². The Kier molecular flexibility index (Phi) is 67.8. The van der Waals surface area contributed by atoms with E-state index in [1.54, 1.807) is 0 Å². The lowest BCUT2D eigenvalue weighted by molar-refractivity contribution is -0.161. The number of phosphoric acid groups is 2. The third-order valence-electron chi connectivity index (χ3n) is 18.6. The Morgan fingerprint density at radius 1 is 0.253 bits per heavy atom. The molecule has 0 amide bonds. The first-order valence-electron chi connectivity index (χ1n) is 41.2. The van der Waals surface area contributed by atoms with E-state index in [-0.39, 0.29) is 25.7 Å². The molecule has 5 atom stereocenters. The summed E-state index contributed by atoms with van der Waals surface area (Å²) in [7, 11) is -9.92.